The van der Waals surface area contributed by atoms with E-state index in [9.17, 15) is 13.5 Å². The predicted molar refractivity (Wildman–Crippen MR) is 75.4 cm³/mol. The monoisotopic (exact) mass is 275 g/mol. The summed E-state index contributed by atoms with van der Waals surface area (Å²) in [6, 6.07) is 12.5. The highest BCUT2D eigenvalue weighted by molar-refractivity contribution is 7.92. The fraction of sp³-hybridized carbons (Fsp3) is 0. The van der Waals surface area contributed by atoms with E-state index in [0.717, 1.165) is 0 Å². The van der Waals surface area contributed by atoms with Gasteiger partial charge in [0.25, 0.3) is 10.0 Å². The van der Waals surface area contributed by atoms with Gasteiger partial charge in [-0.3, -0.25) is 4.72 Å². The van der Waals surface area contributed by atoms with Gasteiger partial charge in [0.1, 0.15) is 5.75 Å². The van der Waals surface area contributed by atoms with E-state index in [1.807, 2.05) is 0 Å². The van der Waals surface area contributed by atoms with Crippen LogP contribution in [0.15, 0.2) is 60.0 Å². The third-order valence-electron chi connectivity index (χ3n) is 2.56. The molecule has 0 saturated heterocycles. The lowest BCUT2D eigenvalue weighted by atomic mass is 10.2. The predicted octanol–water partition coefficient (Wildman–Crippen LogP) is 2.84. The molecule has 0 unspecified atom stereocenters. The standard InChI is InChI=1S/C14H13NO3S/c1-2-11-8-9-12(10-14(11)16)15-19(17,18)13-6-4-3-5-7-13/h2-10,15-16H,1H2. The molecule has 0 aromatic heterocycles. The first kappa shape index (κ1) is 13.2. The molecule has 5 heteroatoms. The van der Waals surface area contributed by atoms with Gasteiger partial charge in [0, 0.05) is 11.6 Å². The molecule has 2 N–H and O–H groups in total. The van der Waals surface area contributed by atoms with Crippen LogP contribution in [-0.2, 0) is 10.0 Å². The topological polar surface area (TPSA) is 66.4 Å². The maximum Gasteiger partial charge on any atom is 0.261 e. The number of aromatic hydroxyl groups is 1. The van der Waals surface area contributed by atoms with Gasteiger partial charge in [0.05, 0.1) is 10.6 Å². The zero-order valence-electron chi connectivity index (χ0n) is 10.1. The maximum atomic E-state index is 12.1. The molecule has 4 nitrogen and oxygen atoms in total. The van der Waals surface area contributed by atoms with Crippen LogP contribution in [0, 0.1) is 0 Å². The molecule has 19 heavy (non-hydrogen) atoms. The number of phenols is 1. The van der Waals surface area contributed by atoms with Gasteiger partial charge in [0.2, 0.25) is 0 Å². The van der Waals surface area contributed by atoms with E-state index in [1.54, 1.807) is 30.3 Å². The maximum absolute atomic E-state index is 12.1. The van der Waals surface area contributed by atoms with Crippen molar-refractivity contribution in [2.75, 3.05) is 4.72 Å². The van der Waals surface area contributed by atoms with Crippen LogP contribution in [0.25, 0.3) is 6.08 Å². The van der Waals surface area contributed by atoms with E-state index in [1.165, 1.54) is 24.3 Å². The SMILES string of the molecule is C=Cc1ccc(NS(=O)(=O)c2ccccc2)cc1O. The lowest BCUT2D eigenvalue weighted by molar-refractivity contribution is 0.474. The minimum absolute atomic E-state index is 0.0248. The number of nitrogens with one attached hydrogen (secondary N) is 1. The fourth-order valence-electron chi connectivity index (χ4n) is 1.59. The first-order valence-corrected chi connectivity index (χ1v) is 7.04. The molecule has 0 aliphatic rings. The summed E-state index contributed by atoms with van der Waals surface area (Å²) in [6.07, 6.45) is 1.49. The minimum Gasteiger partial charge on any atom is -0.507 e. The smallest absolute Gasteiger partial charge is 0.261 e. The Kier molecular flexibility index (Phi) is 3.57. The molecule has 0 saturated carbocycles. The molecule has 2 aromatic rings. The number of rotatable bonds is 4. The molecule has 98 valence electrons. The first-order valence-electron chi connectivity index (χ1n) is 5.56. The van der Waals surface area contributed by atoms with Crippen LogP contribution in [0.1, 0.15) is 5.56 Å². The number of hydrogen-bond donors (Lipinski definition) is 2. The fourth-order valence-corrected chi connectivity index (χ4v) is 2.66. The lowest BCUT2D eigenvalue weighted by Crippen LogP contribution is -2.12. The highest BCUT2D eigenvalue weighted by Crippen LogP contribution is 2.24. The number of phenolic OH excluding ortho intramolecular Hbond substituents is 1. The largest absolute Gasteiger partial charge is 0.507 e. The van der Waals surface area contributed by atoms with Gasteiger partial charge in [-0.05, 0) is 24.3 Å². The van der Waals surface area contributed by atoms with Crippen molar-refractivity contribution in [1.82, 2.24) is 0 Å². The molecule has 0 aliphatic carbocycles. The second-order valence-electron chi connectivity index (χ2n) is 3.90. The van der Waals surface area contributed by atoms with Crippen molar-refractivity contribution in [2.45, 2.75) is 4.90 Å². The molecule has 0 aliphatic heterocycles. The quantitative estimate of drug-likeness (QED) is 0.901. The van der Waals surface area contributed by atoms with Gasteiger partial charge < -0.3 is 5.11 Å². The van der Waals surface area contributed by atoms with Crippen LogP contribution >= 0.6 is 0 Å². The number of sulfonamides is 1. The molecule has 2 rings (SSSR count). The van der Waals surface area contributed by atoms with Gasteiger partial charge in [0.15, 0.2) is 0 Å². The van der Waals surface area contributed by atoms with Crippen molar-refractivity contribution in [3.63, 3.8) is 0 Å². The summed E-state index contributed by atoms with van der Waals surface area (Å²) < 4.78 is 26.5. The Bertz CT molecular complexity index is 694. The van der Waals surface area contributed by atoms with Gasteiger partial charge in [-0.15, -0.1) is 0 Å². The zero-order valence-corrected chi connectivity index (χ0v) is 10.9. The van der Waals surface area contributed by atoms with Crippen molar-refractivity contribution in [1.29, 1.82) is 0 Å². The van der Waals surface area contributed by atoms with Crippen molar-refractivity contribution in [2.24, 2.45) is 0 Å². The van der Waals surface area contributed by atoms with Crippen LogP contribution in [0.3, 0.4) is 0 Å². The van der Waals surface area contributed by atoms with E-state index in [-0.39, 0.29) is 10.6 Å². The number of hydrogen-bond acceptors (Lipinski definition) is 3. The Hall–Kier alpha value is -2.27. The van der Waals surface area contributed by atoms with Gasteiger partial charge in [-0.1, -0.05) is 30.9 Å². The summed E-state index contributed by atoms with van der Waals surface area (Å²) in [7, 11) is -3.64. The van der Waals surface area contributed by atoms with Crippen LogP contribution in [-0.4, -0.2) is 13.5 Å². The third kappa shape index (κ3) is 2.95. The molecule has 0 fully saturated rings. The van der Waals surface area contributed by atoms with Crippen molar-refractivity contribution in [3.05, 3.63) is 60.7 Å². The third-order valence-corrected chi connectivity index (χ3v) is 3.95. The second kappa shape index (κ2) is 5.16. The van der Waals surface area contributed by atoms with Crippen LogP contribution in [0.4, 0.5) is 5.69 Å². The van der Waals surface area contributed by atoms with E-state index >= 15 is 0 Å². The van der Waals surface area contributed by atoms with Crippen LogP contribution in [0.5, 0.6) is 5.75 Å². The summed E-state index contributed by atoms with van der Waals surface area (Å²) >= 11 is 0. The Morgan fingerprint density at radius 1 is 1.11 bits per heavy atom. The van der Waals surface area contributed by atoms with Crippen molar-refractivity contribution < 1.29 is 13.5 Å². The normalized spacial score (nSPS) is 10.9. The summed E-state index contributed by atoms with van der Waals surface area (Å²) in [6.45, 7) is 3.54. The van der Waals surface area contributed by atoms with Crippen molar-refractivity contribution >= 4 is 21.8 Å². The molecule has 0 bridgehead atoms. The number of benzene rings is 2. The Labute approximate surface area is 112 Å². The van der Waals surface area contributed by atoms with Gasteiger partial charge >= 0.3 is 0 Å². The van der Waals surface area contributed by atoms with E-state index in [4.69, 9.17) is 0 Å². The highest BCUT2D eigenvalue weighted by atomic mass is 32.2. The highest BCUT2D eigenvalue weighted by Gasteiger charge is 2.13. The summed E-state index contributed by atoms with van der Waals surface area (Å²) in [5.41, 5.74) is 0.842. The molecule has 0 spiro atoms. The van der Waals surface area contributed by atoms with E-state index < -0.39 is 10.0 Å². The van der Waals surface area contributed by atoms with Gasteiger partial charge in [-0.25, -0.2) is 8.42 Å². The number of anilines is 1. The summed E-state index contributed by atoms with van der Waals surface area (Å²) in [5, 5.41) is 9.65. The first-order chi connectivity index (χ1) is 9.03. The van der Waals surface area contributed by atoms with Crippen LogP contribution < -0.4 is 4.72 Å². The molecule has 0 heterocycles. The zero-order chi connectivity index (χ0) is 13.9. The van der Waals surface area contributed by atoms with Gasteiger partial charge in [-0.2, -0.15) is 0 Å². The Morgan fingerprint density at radius 2 is 1.79 bits per heavy atom. The Morgan fingerprint density at radius 3 is 2.37 bits per heavy atom. The molecule has 0 radical (unpaired) electrons. The van der Waals surface area contributed by atoms with Crippen molar-refractivity contribution in [3.8, 4) is 5.75 Å². The average molecular weight is 275 g/mol. The molecule has 0 atom stereocenters. The Balaban J connectivity index is 2.31. The average Bonchev–Trinajstić information content (AvgIpc) is 2.39. The second-order valence-corrected chi connectivity index (χ2v) is 5.58. The minimum atomic E-state index is -3.64. The van der Waals surface area contributed by atoms with E-state index in [0.29, 0.717) is 11.3 Å². The molecular formula is C14H13NO3S. The molecular weight excluding hydrogens is 262 g/mol. The summed E-state index contributed by atoms with van der Waals surface area (Å²) in [4.78, 5) is 0.169. The van der Waals surface area contributed by atoms with E-state index in [2.05, 4.69) is 11.3 Å². The molecule has 2 aromatic carbocycles. The lowest BCUT2D eigenvalue weighted by Gasteiger charge is -2.09. The molecule has 0 amide bonds. The summed E-state index contributed by atoms with van der Waals surface area (Å²) in [5.74, 6) is -0.0248. The van der Waals surface area contributed by atoms with Crippen LogP contribution in [0.2, 0.25) is 0 Å².